The van der Waals surface area contributed by atoms with Gasteiger partial charge in [-0.15, -0.1) is 0 Å². The highest BCUT2D eigenvalue weighted by molar-refractivity contribution is 5.82. The monoisotopic (exact) mass is 186 g/mol. The molecule has 0 aromatic rings. The first-order chi connectivity index (χ1) is 5.80. The standard InChI is InChI=1S/C10H18O3/c1-7(2)10(5,8(3)11)6-13-9(4)12/h7H,6H2,1-5H3. The van der Waals surface area contributed by atoms with Gasteiger partial charge in [-0.1, -0.05) is 13.8 Å². The lowest BCUT2D eigenvalue weighted by Gasteiger charge is -2.29. The van der Waals surface area contributed by atoms with Gasteiger partial charge in [0, 0.05) is 6.92 Å². The fourth-order valence-corrected chi connectivity index (χ4v) is 0.926. The molecule has 3 heteroatoms. The Kier molecular flexibility index (Phi) is 4.11. The summed E-state index contributed by atoms with van der Waals surface area (Å²) in [7, 11) is 0. The van der Waals surface area contributed by atoms with Gasteiger partial charge < -0.3 is 4.74 Å². The summed E-state index contributed by atoms with van der Waals surface area (Å²) in [5.74, 6) is -0.110. The Bertz CT molecular complexity index is 208. The Hall–Kier alpha value is -0.860. The highest BCUT2D eigenvalue weighted by Gasteiger charge is 2.34. The van der Waals surface area contributed by atoms with Crippen LogP contribution in [0, 0.1) is 11.3 Å². The molecule has 0 radical (unpaired) electrons. The van der Waals surface area contributed by atoms with Crippen molar-refractivity contribution in [2.75, 3.05) is 6.61 Å². The summed E-state index contributed by atoms with van der Waals surface area (Å²) < 4.78 is 4.87. The van der Waals surface area contributed by atoms with Crippen LogP contribution in [0.1, 0.15) is 34.6 Å². The molecule has 0 amide bonds. The van der Waals surface area contributed by atoms with Crippen LogP contribution < -0.4 is 0 Å². The lowest BCUT2D eigenvalue weighted by atomic mass is 9.77. The molecule has 0 rings (SSSR count). The smallest absolute Gasteiger partial charge is 0.302 e. The maximum Gasteiger partial charge on any atom is 0.302 e. The molecule has 0 aromatic carbocycles. The molecule has 0 bridgehead atoms. The van der Waals surface area contributed by atoms with Crippen molar-refractivity contribution in [3.63, 3.8) is 0 Å². The third kappa shape index (κ3) is 3.17. The summed E-state index contributed by atoms with van der Waals surface area (Å²) in [5, 5.41) is 0. The number of rotatable bonds is 4. The second-order valence-corrected chi connectivity index (χ2v) is 3.91. The molecule has 0 aromatic heterocycles. The van der Waals surface area contributed by atoms with E-state index >= 15 is 0 Å². The van der Waals surface area contributed by atoms with Crippen LogP contribution in [0.2, 0.25) is 0 Å². The van der Waals surface area contributed by atoms with Crippen LogP contribution >= 0.6 is 0 Å². The molecule has 0 aliphatic carbocycles. The Labute approximate surface area is 79.5 Å². The van der Waals surface area contributed by atoms with Crippen molar-refractivity contribution >= 4 is 11.8 Å². The van der Waals surface area contributed by atoms with Gasteiger partial charge in [0.2, 0.25) is 0 Å². The Morgan fingerprint density at radius 3 is 2.00 bits per heavy atom. The molecule has 0 heterocycles. The van der Waals surface area contributed by atoms with Crippen LogP contribution in [0.25, 0.3) is 0 Å². The summed E-state index contributed by atoms with van der Waals surface area (Å²) in [4.78, 5) is 21.9. The largest absolute Gasteiger partial charge is 0.465 e. The van der Waals surface area contributed by atoms with Gasteiger partial charge in [0.1, 0.15) is 12.4 Å². The SMILES string of the molecule is CC(=O)OCC(C)(C(C)=O)C(C)C. The molecule has 0 saturated carbocycles. The fraction of sp³-hybridized carbons (Fsp3) is 0.800. The molecule has 0 fully saturated rings. The third-order valence-corrected chi connectivity index (χ3v) is 2.65. The van der Waals surface area contributed by atoms with Crippen LogP contribution in [-0.2, 0) is 14.3 Å². The average molecular weight is 186 g/mol. The third-order valence-electron chi connectivity index (χ3n) is 2.65. The second kappa shape index (κ2) is 4.40. The van der Waals surface area contributed by atoms with Gasteiger partial charge in [0.15, 0.2) is 0 Å². The summed E-state index contributed by atoms with van der Waals surface area (Å²) in [6, 6.07) is 0. The van der Waals surface area contributed by atoms with Crippen LogP contribution in [0.5, 0.6) is 0 Å². The van der Waals surface area contributed by atoms with E-state index in [-0.39, 0.29) is 24.3 Å². The summed E-state index contributed by atoms with van der Waals surface area (Å²) in [5.41, 5.74) is -0.550. The highest BCUT2D eigenvalue weighted by Crippen LogP contribution is 2.28. The van der Waals surface area contributed by atoms with Gasteiger partial charge in [-0.05, 0) is 19.8 Å². The molecule has 1 unspecified atom stereocenters. The number of hydrogen-bond acceptors (Lipinski definition) is 3. The van der Waals surface area contributed by atoms with E-state index in [1.807, 2.05) is 20.8 Å². The quantitative estimate of drug-likeness (QED) is 0.629. The Balaban J connectivity index is 4.43. The minimum absolute atomic E-state index is 0.0590. The topological polar surface area (TPSA) is 43.4 Å². The van der Waals surface area contributed by atoms with E-state index in [1.54, 1.807) is 0 Å². The lowest BCUT2D eigenvalue weighted by molar-refractivity contribution is -0.148. The zero-order valence-electron chi connectivity index (χ0n) is 9.01. The maximum absolute atomic E-state index is 11.3. The van der Waals surface area contributed by atoms with Gasteiger partial charge in [-0.3, -0.25) is 9.59 Å². The average Bonchev–Trinajstić information content (AvgIpc) is 1.99. The number of ether oxygens (including phenoxy) is 1. The van der Waals surface area contributed by atoms with Gasteiger partial charge >= 0.3 is 5.97 Å². The minimum atomic E-state index is -0.550. The predicted octanol–water partition coefficient (Wildman–Crippen LogP) is 1.80. The van der Waals surface area contributed by atoms with Crippen molar-refractivity contribution in [2.24, 2.45) is 11.3 Å². The first-order valence-corrected chi connectivity index (χ1v) is 4.45. The molecule has 13 heavy (non-hydrogen) atoms. The van der Waals surface area contributed by atoms with E-state index in [0.29, 0.717) is 0 Å². The molecule has 0 aliphatic rings. The molecule has 3 nitrogen and oxygen atoms in total. The molecule has 0 N–H and O–H groups in total. The molecular weight excluding hydrogens is 168 g/mol. The van der Waals surface area contributed by atoms with Gasteiger partial charge in [0.25, 0.3) is 0 Å². The van der Waals surface area contributed by atoms with Crippen molar-refractivity contribution in [3.05, 3.63) is 0 Å². The van der Waals surface area contributed by atoms with Crippen LogP contribution in [-0.4, -0.2) is 18.4 Å². The number of carbonyl (C=O) groups is 2. The Morgan fingerprint density at radius 1 is 1.31 bits per heavy atom. The van der Waals surface area contributed by atoms with Gasteiger partial charge in [0.05, 0.1) is 5.41 Å². The molecule has 0 aliphatic heterocycles. The van der Waals surface area contributed by atoms with Gasteiger partial charge in [-0.2, -0.15) is 0 Å². The van der Waals surface area contributed by atoms with Crippen molar-refractivity contribution in [1.29, 1.82) is 0 Å². The van der Waals surface area contributed by atoms with E-state index < -0.39 is 5.41 Å². The number of hydrogen-bond donors (Lipinski definition) is 0. The van der Waals surface area contributed by atoms with Crippen molar-refractivity contribution in [3.8, 4) is 0 Å². The van der Waals surface area contributed by atoms with E-state index in [4.69, 9.17) is 4.74 Å². The maximum atomic E-state index is 11.3. The van der Waals surface area contributed by atoms with Crippen LogP contribution in [0.3, 0.4) is 0 Å². The Morgan fingerprint density at radius 2 is 1.77 bits per heavy atom. The van der Waals surface area contributed by atoms with E-state index in [1.165, 1.54) is 13.8 Å². The van der Waals surface area contributed by atoms with Crippen LogP contribution in [0.15, 0.2) is 0 Å². The number of esters is 1. The van der Waals surface area contributed by atoms with Crippen molar-refractivity contribution in [2.45, 2.75) is 34.6 Å². The molecule has 1 atom stereocenters. The number of carbonyl (C=O) groups excluding carboxylic acids is 2. The molecule has 0 saturated heterocycles. The second-order valence-electron chi connectivity index (χ2n) is 3.91. The minimum Gasteiger partial charge on any atom is -0.465 e. The van der Waals surface area contributed by atoms with Crippen molar-refractivity contribution in [1.82, 2.24) is 0 Å². The predicted molar refractivity (Wildman–Crippen MR) is 50.3 cm³/mol. The zero-order valence-corrected chi connectivity index (χ0v) is 9.01. The van der Waals surface area contributed by atoms with E-state index in [0.717, 1.165) is 0 Å². The lowest BCUT2D eigenvalue weighted by Crippen LogP contribution is -2.37. The van der Waals surface area contributed by atoms with Crippen LogP contribution in [0.4, 0.5) is 0 Å². The highest BCUT2D eigenvalue weighted by atomic mass is 16.5. The summed E-state index contributed by atoms with van der Waals surface area (Å²) in [6.45, 7) is 8.78. The number of Topliss-reactive ketones (excluding diaryl/α,β-unsaturated/α-hetero) is 1. The summed E-state index contributed by atoms with van der Waals surface area (Å²) in [6.07, 6.45) is 0. The summed E-state index contributed by atoms with van der Waals surface area (Å²) >= 11 is 0. The molecule has 0 spiro atoms. The van der Waals surface area contributed by atoms with Gasteiger partial charge in [-0.25, -0.2) is 0 Å². The first kappa shape index (κ1) is 12.1. The van der Waals surface area contributed by atoms with Crippen molar-refractivity contribution < 1.29 is 14.3 Å². The van der Waals surface area contributed by atoms with E-state index in [2.05, 4.69) is 0 Å². The van der Waals surface area contributed by atoms with E-state index in [9.17, 15) is 9.59 Å². The number of ketones is 1. The fourth-order valence-electron chi connectivity index (χ4n) is 0.926. The zero-order chi connectivity index (χ0) is 10.6. The normalized spacial score (nSPS) is 15.2. The first-order valence-electron chi connectivity index (χ1n) is 4.45. The molecular formula is C10H18O3. The molecule has 76 valence electrons.